The van der Waals surface area contributed by atoms with Crippen molar-refractivity contribution < 1.29 is 22.7 Å². The van der Waals surface area contributed by atoms with Crippen LogP contribution >= 0.6 is 0 Å². The molecule has 0 atom stereocenters. The molecule has 25 heavy (non-hydrogen) atoms. The van der Waals surface area contributed by atoms with Crippen molar-refractivity contribution in [1.82, 2.24) is 4.90 Å². The zero-order chi connectivity index (χ0) is 18.9. The van der Waals surface area contributed by atoms with Crippen LogP contribution in [0.3, 0.4) is 0 Å². The molecular weight excluding hydrogens is 344 g/mol. The molecule has 0 saturated heterocycles. The molecule has 1 aromatic rings. The lowest BCUT2D eigenvalue weighted by Gasteiger charge is -2.22. The first kappa shape index (κ1) is 21.1. The molecule has 1 rings (SSSR count). The van der Waals surface area contributed by atoms with Crippen molar-refractivity contribution in [3.05, 3.63) is 29.8 Å². The van der Waals surface area contributed by atoms with E-state index in [4.69, 9.17) is 9.88 Å². The van der Waals surface area contributed by atoms with Gasteiger partial charge in [0.2, 0.25) is 15.9 Å². The van der Waals surface area contributed by atoms with Gasteiger partial charge in [-0.05, 0) is 37.5 Å². The lowest BCUT2D eigenvalue weighted by molar-refractivity contribution is -0.144. The second-order valence-corrected chi connectivity index (χ2v) is 7.19. The molecule has 0 saturated carbocycles. The number of amides is 1. The van der Waals surface area contributed by atoms with Crippen LogP contribution in [0.1, 0.15) is 38.7 Å². The highest BCUT2D eigenvalue weighted by Gasteiger charge is 2.15. The number of hydrogen-bond acceptors (Lipinski definition) is 5. The third-order valence-electron chi connectivity index (χ3n) is 3.63. The minimum Gasteiger partial charge on any atom is -0.466 e. The molecule has 0 unspecified atom stereocenters. The number of benzene rings is 1. The van der Waals surface area contributed by atoms with Crippen molar-refractivity contribution in [3.8, 4) is 0 Å². The Hall–Kier alpha value is -1.93. The number of nitrogens with zero attached hydrogens (tertiary/aromatic N) is 1. The fraction of sp³-hybridized carbons (Fsp3) is 0.529. The molecule has 0 aliphatic carbocycles. The van der Waals surface area contributed by atoms with E-state index in [1.54, 1.807) is 24.0 Å². The SMILES string of the molecule is CCCC(=O)N(CCC(=O)OCC)CCc1ccc(S(N)(=O)=O)cc1. The first-order valence-electron chi connectivity index (χ1n) is 8.33. The minimum absolute atomic E-state index is 0.00652. The van der Waals surface area contributed by atoms with E-state index in [2.05, 4.69) is 0 Å². The zero-order valence-corrected chi connectivity index (χ0v) is 15.5. The molecule has 0 heterocycles. The largest absolute Gasteiger partial charge is 0.466 e. The maximum Gasteiger partial charge on any atom is 0.307 e. The molecular formula is C17H26N2O5S. The maximum atomic E-state index is 12.2. The number of carbonyl (C=O) groups excluding carboxylic acids is 2. The Morgan fingerprint density at radius 1 is 1.08 bits per heavy atom. The molecule has 0 aliphatic rings. The summed E-state index contributed by atoms with van der Waals surface area (Å²) in [7, 11) is -3.71. The van der Waals surface area contributed by atoms with Crippen LogP contribution in [0.4, 0.5) is 0 Å². The highest BCUT2D eigenvalue weighted by Crippen LogP contribution is 2.10. The molecule has 140 valence electrons. The number of carbonyl (C=O) groups is 2. The summed E-state index contributed by atoms with van der Waals surface area (Å²) >= 11 is 0. The Balaban J connectivity index is 2.67. The Morgan fingerprint density at radius 2 is 1.72 bits per heavy atom. The molecule has 0 aliphatic heterocycles. The summed E-state index contributed by atoms with van der Waals surface area (Å²) in [6.07, 6.45) is 1.88. The van der Waals surface area contributed by atoms with E-state index in [0.717, 1.165) is 12.0 Å². The van der Waals surface area contributed by atoms with Gasteiger partial charge in [-0.3, -0.25) is 9.59 Å². The number of ether oxygens (including phenoxy) is 1. The Bertz CT molecular complexity index is 671. The number of hydrogen-bond donors (Lipinski definition) is 1. The second kappa shape index (κ2) is 10.1. The van der Waals surface area contributed by atoms with Gasteiger partial charge in [0.15, 0.2) is 0 Å². The van der Waals surface area contributed by atoms with Gasteiger partial charge in [0, 0.05) is 19.5 Å². The molecule has 0 aromatic heterocycles. The van der Waals surface area contributed by atoms with E-state index in [1.165, 1.54) is 12.1 Å². The molecule has 2 N–H and O–H groups in total. The highest BCUT2D eigenvalue weighted by molar-refractivity contribution is 7.89. The Labute approximate surface area is 149 Å². The average Bonchev–Trinajstić information content (AvgIpc) is 2.55. The third kappa shape index (κ3) is 7.66. The normalized spacial score (nSPS) is 11.2. The number of nitrogens with two attached hydrogens (primary N) is 1. The summed E-state index contributed by atoms with van der Waals surface area (Å²) in [6, 6.07) is 6.24. The molecule has 0 fully saturated rings. The van der Waals surface area contributed by atoms with E-state index in [1.807, 2.05) is 6.92 Å². The van der Waals surface area contributed by atoms with Gasteiger partial charge in [-0.25, -0.2) is 13.6 Å². The Kier molecular flexibility index (Phi) is 8.57. The van der Waals surface area contributed by atoms with Gasteiger partial charge >= 0.3 is 5.97 Å². The van der Waals surface area contributed by atoms with E-state index in [0.29, 0.717) is 32.5 Å². The van der Waals surface area contributed by atoms with Gasteiger partial charge < -0.3 is 9.64 Å². The van der Waals surface area contributed by atoms with Crippen molar-refractivity contribution in [2.75, 3.05) is 19.7 Å². The van der Waals surface area contributed by atoms with E-state index >= 15 is 0 Å². The van der Waals surface area contributed by atoms with Crippen molar-refractivity contribution >= 4 is 21.9 Å². The summed E-state index contributed by atoms with van der Waals surface area (Å²) < 4.78 is 27.4. The summed E-state index contributed by atoms with van der Waals surface area (Å²) in [5.41, 5.74) is 0.887. The van der Waals surface area contributed by atoms with Crippen LogP contribution in [0.15, 0.2) is 29.2 Å². The van der Waals surface area contributed by atoms with Crippen molar-refractivity contribution in [3.63, 3.8) is 0 Å². The van der Waals surface area contributed by atoms with E-state index < -0.39 is 10.0 Å². The summed E-state index contributed by atoms with van der Waals surface area (Å²) in [6.45, 7) is 4.74. The third-order valence-corrected chi connectivity index (χ3v) is 4.56. The smallest absolute Gasteiger partial charge is 0.307 e. The van der Waals surface area contributed by atoms with E-state index in [9.17, 15) is 18.0 Å². The number of rotatable bonds is 10. The topological polar surface area (TPSA) is 107 Å². The van der Waals surface area contributed by atoms with Crippen LogP contribution in [0, 0.1) is 0 Å². The molecule has 0 spiro atoms. The zero-order valence-electron chi connectivity index (χ0n) is 14.7. The lowest BCUT2D eigenvalue weighted by Crippen LogP contribution is -2.34. The van der Waals surface area contributed by atoms with Gasteiger partial charge in [0.1, 0.15) is 0 Å². The van der Waals surface area contributed by atoms with Crippen LogP contribution < -0.4 is 5.14 Å². The fourth-order valence-corrected chi connectivity index (χ4v) is 2.82. The fourth-order valence-electron chi connectivity index (χ4n) is 2.30. The van der Waals surface area contributed by atoms with Gasteiger partial charge in [-0.15, -0.1) is 0 Å². The van der Waals surface area contributed by atoms with Crippen LogP contribution in [0.5, 0.6) is 0 Å². The average molecular weight is 370 g/mol. The number of esters is 1. The predicted octanol–water partition coefficient (Wildman–Crippen LogP) is 1.46. The summed E-state index contributed by atoms with van der Waals surface area (Å²) in [5.74, 6) is -0.331. The van der Waals surface area contributed by atoms with Gasteiger partial charge in [-0.1, -0.05) is 19.1 Å². The molecule has 1 amide bonds. The van der Waals surface area contributed by atoms with Crippen LogP contribution in [0.2, 0.25) is 0 Å². The summed E-state index contributed by atoms with van der Waals surface area (Å²) in [4.78, 5) is 25.4. The van der Waals surface area contributed by atoms with Crippen molar-refractivity contribution in [2.24, 2.45) is 5.14 Å². The van der Waals surface area contributed by atoms with Crippen LogP contribution in [0.25, 0.3) is 0 Å². The molecule has 7 nitrogen and oxygen atoms in total. The van der Waals surface area contributed by atoms with Crippen molar-refractivity contribution in [1.29, 1.82) is 0 Å². The molecule has 1 aromatic carbocycles. The first-order valence-corrected chi connectivity index (χ1v) is 9.87. The first-order chi connectivity index (χ1) is 11.8. The maximum absolute atomic E-state index is 12.2. The highest BCUT2D eigenvalue weighted by atomic mass is 32.2. The monoisotopic (exact) mass is 370 g/mol. The minimum atomic E-state index is -3.71. The number of sulfonamides is 1. The molecule has 0 radical (unpaired) electrons. The van der Waals surface area contributed by atoms with Crippen LogP contribution in [-0.4, -0.2) is 44.9 Å². The molecule has 8 heteroatoms. The second-order valence-electron chi connectivity index (χ2n) is 5.62. The lowest BCUT2D eigenvalue weighted by atomic mass is 10.1. The predicted molar refractivity (Wildman–Crippen MR) is 94.3 cm³/mol. The summed E-state index contributed by atoms with van der Waals surface area (Å²) in [5, 5.41) is 5.07. The van der Waals surface area contributed by atoms with E-state index in [-0.39, 0.29) is 23.2 Å². The quantitative estimate of drug-likeness (QED) is 0.628. The standard InChI is InChI=1S/C17H26N2O5S/c1-3-5-16(20)19(13-11-17(21)24-4-2)12-10-14-6-8-15(9-7-14)25(18,22)23/h6-9H,3-5,10-13H2,1-2H3,(H2,18,22,23). The van der Waals surface area contributed by atoms with Gasteiger partial charge in [-0.2, -0.15) is 0 Å². The molecule has 0 bridgehead atoms. The van der Waals surface area contributed by atoms with Gasteiger partial charge in [0.25, 0.3) is 0 Å². The van der Waals surface area contributed by atoms with Gasteiger partial charge in [0.05, 0.1) is 17.9 Å². The Morgan fingerprint density at radius 3 is 2.24 bits per heavy atom. The van der Waals surface area contributed by atoms with Crippen molar-refractivity contribution in [2.45, 2.75) is 44.4 Å². The number of primary sulfonamides is 1. The van der Waals surface area contributed by atoms with Crippen LogP contribution in [-0.2, 0) is 30.8 Å².